The summed E-state index contributed by atoms with van der Waals surface area (Å²) in [4.78, 5) is 0. The van der Waals surface area contributed by atoms with E-state index in [2.05, 4.69) is 19.2 Å². The number of benzene rings is 1. The Labute approximate surface area is 108 Å². The van der Waals surface area contributed by atoms with Crippen LogP contribution in [0, 0.1) is 23.0 Å². The van der Waals surface area contributed by atoms with Gasteiger partial charge in [-0.3, -0.25) is 0 Å². The molecule has 0 spiro atoms. The normalized spacial score (nSPS) is 18.7. The highest BCUT2D eigenvalue weighted by Crippen LogP contribution is 2.47. The first-order chi connectivity index (χ1) is 8.53. The van der Waals surface area contributed by atoms with Crippen molar-refractivity contribution in [2.45, 2.75) is 33.1 Å². The molecule has 0 amide bonds. The quantitative estimate of drug-likeness (QED) is 0.817. The molecule has 2 rings (SSSR count). The van der Waals surface area contributed by atoms with Crippen LogP contribution in [0.4, 0.5) is 8.78 Å². The van der Waals surface area contributed by atoms with Gasteiger partial charge in [-0.2, -0.15) is 0 Å². The van der Waals surface area contributed by atoms with Crippen LogP contribution in [-0.2, 0) is 6.42 Å². The fourth-order valence-corrected chi connectivity index (χ4v) is 2.72. The highest BCUT2D eigenvalue weighted by molar-refractivity contribution is 5.20. The molecular formula is C15H21F2N. The zero-order valence-corrected chi connectivity index (χ0v) is 11.1. The predicted octanol–water partition coefficient (Wildman–Crippen LogP) is 3.53. The van der Waals surface area contributed by atoms with Crippen molar-refractivity contribution in [2.24, 2.45) is 11.3 Å². The molecule has 1 nitrogen and oxygen atoms in total. The minimum Gasteiger partial charge on any atom is -0.316 e. The van der Waals surface area contributed by atoms with E-state index in [0.717, 1.165) is 31.1 Å². The standard InChI is InChI=1S/C15H21F2N/c1-3-18-10-15(2,12-4-5-12)9-11-6-13(16)8-14(17)7-11/h6-8,12,18H,3-5,9-10H2,1-2H3. The molecule has 0 radical (unpaired) electrons. The summed E-state index contributed by atoms with van der Waals surface area (Å²) in [5, 5.41) is 3.37. The molecule has 1 saturated carbocycles. The van der Waals surface area contributed by atoms with Gasteiger partial charge in [0.2, 0.25) is 0 Å². The maximum absolute atomic E-state index is 13.2. The van der Waals surface area contributed by atoms with Gasteiger partial charge in [-0.1, -0.05) is 13.8 Å². The monoisotopic (exact) mass is 253 g/mol. The van der Waals surface area contributed by atoms with Crippen LogP contribution in [0.25, 0.3) is 0 Å². The van der Waals surface area contributed by atoms with Gasteiger partial charge in [0, 0.05) is 12.6 Å². The van der Waals surface area contributed by atoms with Crippen molar-refractivity contribution in [3.05, 3.63) is 35.4 Å². The van der Waals surface area contributed by atoms with Crippen LogP contribution < -0.4 is 5.32 Å². The van der Waals surface area contributed by atoms with E-state index in [-0.39, 0.29) is 5.41 Å². The molecule has 0 bridgehead atoms. The third kappa shape index (κ3) is 3.29. The minimum absolute atomic E-state index is 0.107. The Bertz CT molecular complexity index is 395. The third-order valence-electron chi connectivity index (χ3n) is 3.87. The number of rotatable bonds is 6. The summed E-state index contributed by atoms with van der Waals surface area (Å²) in [6.07, 6.45) is 3.21. The van der Waals surface area contributed by atoms with Crippen LogP contribution in [-0.4, -0.2) is 13.1 Å². The van der Waals surface area contributed by atoms with E-state index in [1.165, 1.54) is 25.0 Å². The van der Waals surface area contributed by atoms with Gasteiger partial charge in [0.25, 0.3) is 0 Å². The molecule has 0 saturated heterocycles. The van der Waals surface area contributed by atoms with E-state index in [0.29, 0.717) is 5.92 Å². The number of hydrogen-bond donors (Lipinski definition) is 1. The van der Waals surface area contributed by atoms with Crippen LogP contribution in [0.2, 0.25) is 0 Å². The number of halogens is 2. The third-order valence-corrected chi connectivity index (χ3v) is 3.87. The van der Waals surface area contributed by atoms with Gasteiger partial charge < -0.3 is 5.32 Å². The molecule has 0 aromatic heterocycles. The van der Waals surface area contributed by atoms with E-state index in [4.69, 9.17) is 0 Å². The van der Waals surface area contributed by atoms with Crippen molar-refractivity contribution in [2.75, 3.05) is 13.1 Å². The van der Waals surface area contributed by atoms with Gasteiger partial charge in [-0.25, -0.2) is 8.78 Å². The van der Waals surface area contributed by atoms with Crippen molar-refractivity contribution < 1.29 is 8.78 Å². The fraction of sp³-hybridized carbons (Fsp3) is 0.600. The second-order valence-corrected chi connectivity index (χ2v) is 5.66. The maximum atomic E-state index is 13.2. The lowest BCUT2D eigenvalue weighted by Gasteiger charge is -2.30. The minimum atomic E-state index is -0.480. The highest BCUT2D eigenvalue weighted by Gasteiger charge is 2.41. The Balaban J connectivity index is 2.12. The molecule has 1 fully saturated rings. The molecule has 1 aliphatic rings. The van der Waals surface area contributed by atoms with Crippen LogP contribution in [0.5, 0.6) is 0 Å². The zero-order chi connectivity index (χ0) is 13.2. The lowest BCUT2D eigenvalue weighted by Crippen LogP contribution is -2.35. The van der Waals surface area contributed by atoms with E-state index >= 15 is 0 Å². The Hall–Kier alpha value is -0.960. The summed E-state index contributed by atoms with van der Waals surface area (Å²) < 4.78 is 26.4. The van der Waals surface area contributed by atoms with Crippen molar-refractivity contribution >= 4 is 0 Å². The summed E-state index contributed by atoms with van der Waals surface area (Å²) >= 11 is 0. The number of hydrogen-bond acceptors (Lipinski definition) is 1. The lowest BCUT2D eigenvalue weighted by molar-refractivity contribution is 0.257. The second kappa shape index (κ2) is 5.35. The van der Waals surface area contributed by atoms with Crippen molar-refractivity contribution in [3.63, 3.8) is 0 Å². The molecule has 0 aliphatic heterocycles. The second-order valence-electron chi connectivity index (χ2n) is 5.66. The Morgan fingerprint density at radius 2 is 1.83 bits per heavy atom. The van der Waals surface area contributed by atoms with Crippen molar-refractivity contribution in [1.29, 1.82) is 0 Å². The molecule has 18 heavy (non-hydrogen) atoms. The first-order valence-corrected chi connectivity index (χ1v) is 6.69. The largest absolute Gasteiger partial charge is 0.316 e. The molecule has 1 aliphatic carbocycles. The van der Waals surface area contributed by atoms with E-state index in [1.54, 1.807) is 0 Å². The van der Waals surface area contributed by atoms with Crippen molar-refractivity contribution in [3.8, 4) is 0 Å². The Morgan fingerprint density at radius 1 is 1.22 bits per heavy atom. The van der Waals surface area contributed by atoms with Gasteiger partial charge >= 0.3 is 0 Å². The molecule has 0 heterocycles. The van der Waals surface area contributed by atoms with Gasteiger partial charge in [-0.15, -0.1) is 0 Å². The van der Waals surface area contributed by atoms with Crippen LogP contribution >= 0.6 is 0 Å². The summed E-state index contributed by atoms with van der Waals surface area (Å²) in [5.41, 5.74) is 0.871. The molecule has 1 N–H and O–H groups in total. The number of nitrogens with one attached hydrogen (secondary N) is 1. The van der Waals surface area contributed by atoms with E-state index in [9.17, 15) is 8.78 Å². The van der Waals surface area contributed by atoms with Gasteiger partial charge in [0.1, 0.15) is 11.6 Å². The molecule has 1 aromatic carbocycles. The summed E-state index contributed by atoms with van der Waals surface area (Å²) in [5.74, 6) is -0.277. The van der Waals surface area contributed by atoms with Gasteiger partial charge in [0.15, 0.2) is 0 Å². The molecule has 1 unspecified atom stereocenters. The topological polar surface area (TPSA) is 12.0 Å². The first kappa shape index (κ1) is 13.5. The lowest BCUT2D eigenvalue weighted by atomic mass is 9.79. The smallest absolute Gasteiger partial charge is 0.126 e. The maximum Gasteiger partial charge on any atom is 0.126 e. The molecule has 1 aromatic rings. The molecular weight excluding hydrogens is 232 g/mol. The highest BCUT2D eigenvalue weighted by atomic mass is 19.1. The van der Waals surface area contributed by atoms with Crippen molar-refractivity contribution in [1.82, 2.24) is 5.32 Å². The van der Waals surface area contributed by atoms with Crippen LogP contribution in [0.1, 0.15) is 32.3 Å². The SMILES string of the molecule is CCNCC(C)(Cc1cc(F)cc(F)c1)C1CC1. The first-order valence-electron chi connectivity index (χ1n) is 6.69. The summed E-state index contributed by atoms with van der Waals surface area (Å²) in [6, 6.07) is 3.84. The van der Waals surface area contributed by atoms with E-state index < -0.39 is 11.6 Å². The van der Waals surface area contributed by atoms with Crippen LogP contribution in [0.3, 0.4) is 0 Å². The van der Waals surface area contributed by atoms with Gasteiger partial charge in [0.05, 0.1) is 0 Å². The summed E-state index contributed by atoms with van der Waals surface area (Å²) in [6.45, 7) is 6.14. The Kier molecular flexibility index (Phi) is 4.00. The van der Waals surface area contributed by atoms with Crippen LogP contribution in [0.15, 0.2) is 18.2 Å². The zero-order valence-electron chi connectivity index (χ0n) is 11.1. The average Bonchev–Trinajstić information content (AvgIpc) is 3.08. The molecule has 3 heteroatoms. The molecule has 1 atom stereocenters. The fourth-order valence-electron chi connectivity index (χ4n) is 2.72. The predicted molar refractivity (Wildman–Crippen MR) is 69.4 cm³/mol. The average molecular weight is 253 g/mol. The van der Waals surface area contributed by atoms with Gasteiger partial charge in [-0.05, 0) is 54.8 Å². The summed E-state index contributed by atoms with van der Waals surface area (Å²) in [7, 11) is 0. The van der Waals surface area contributed by atoms with E-state index in [1.807, 2.05) is 0 Å². The Morgan fingerprint density at radius 3 is 2.33 bits per heavy atom. The molecule has 100 valence electrons.